The highest BCUT2D eigenvalue weighted by Gasteiger charge is 2.24. The molecule has 0 aromatic heterocycles. The second-order valence-corrected chi connectivity index (χ2v) is 6.99. The molecular weight excluding hydrogens is 316 g/mol. The van der Waals surface area contributed by atoms with E-state index in [2.05, 4.69) is 24.5 Å². The third kappa shape index (κ3) is 11.0. The van der Waals surface area contributed by atoms with Gasteiger partial charge in [-0.3, -0.25) is 9.59 Å². The summed E-state index contributed by atoms with van der Waals surface area (Å²) in [5.41, 5.74) is 0. The first kappa shape index (κ1) is 23.6. The van der Waals surface area contributed by atoms with Crippen molar-refractivity contribution in [3.8, 4) is 0 Å². The van der Waals surface area contributed by atoms with Gasteiger partial charge in [-0.2, -0.15) is 0 Å². The van der Waals surface area contributed by atoms with Crippen LogP contribution in [0.15, 0.2) is 0 Å². The smallest absolute Gasteiger partial charge is 0.243 e. The van der Waals surface area contributed by atoms with Crippen LogP contribution in [0.25, 0.3) is 0 Å². The van der Waals surface area contributed by atoms with E-state index >= 15 is 0 Å². The number of nitrogens with one attached hydrogen (secondary N) is 2. The fraction of sp³-hybridized carbons (Fsp3) is 0.850. The molecule has 0 heterocycles. The highest BCUT2D eigenvalue weighted by molar-refractivity contribution is 5.89. The van der Waals surface area contributed by atoms with Gasteiger partial charge < -0.3 is 15.4 Å². The normalized spacial score (nSPS) is 14.4. The van der Waals surface area contributed by atoms with Gasteiger partial charge in [-0.25, -0.2) is 0 Å². The fourth-order valence-corrected chi connectivity index (χ4v) is 2.82. The lowest BCUT2D eigenvalue weighted by atomic mass is 10.0. The number of hydrogen-bond acceptors (Lipinski definition) is 3. The third-order valence-electron chi connectivity index (χ3n) is 4.51. The van der Waals surface area contributed by atoms with Crippen LogP contribution in [0.1, 0.15) is 91.9 Å². The van der Waals surface area contributed by atoms with Gasteiger partial charge in [0, 0.05) is 5.92 Å². The maximum Gasteiger partial charge on any atom is 0.243 e. The van der Waals surface area contributed by atoms with E-state index in [9.17, 15) is 14.4 Å². The summed E-state index contributed by atoms with van der Waals surface area (Å²) in [4.78, 5) is 36.1. The SMILES string of the molecule is CCCCCC(C=O)NC(=O)C(CCCCC)NC(=O)C(C)CCC. The van der Waals surface area contributed by atoms with Crippen molar-refractivity contribution in [2.24, 2.45) is 5.92 Å². The zero-order chi connectivity index (χ0) is 19.1. The van der Waals surface area contributed by atoms with Gasteiger partial charge in [0.25, 0.3) is 0 Å². The lowest BCUT2D eigenvalue weighted by molar-refractivity contribution is -0.132. The number of hydrogen-bond donors (Lipinski definition) is 2. The van der Waals surface area contributed by atoms with Crippen molar-refractivity contribution in [1.29, 1.82) is 0 Å². The van der Waals surface area contributed by atoms with Crippen LogP contribution in [0, 0.1) is 5.92 Å². The molecule has 25 heavy (non-hydrogen) atoms. The molecule has 0 spiro atoms. The number of rotatable bonds is 15. The molecule has 0 saturated carbocycles. The summed E-state index contributed by atoms with van der Waals surface area (Å²) in [6.45, 7) is 8.14. The Morgan fingerprint density at radius 3 is 1.92 bits per heavy atom. The molecule has 3 unspecified atom stereocenters. The lowest BCUT2D eigenvalue weighted by Gasteiger charge is -2.22. The number of aldehydes is 1. The first-order valence-electron chi connectivity index (χ1n) is 10.1. The van der Waals surface area contributed by atoms with Crippen molar-refractivity contribution < 1.29 is 14.4 Å². The summed E-state index contributed by atoms with van der Waals surface area (Å²) in [6.07, 6.45) is 9.83. The van der Waals surface area contributed by atoms with E-state index in [1.807, 2.05) is 13.8 Å². The number of carbonyl (C=O) groups is 3. The Balaban J connectivity index is 4.72. The standard InChI is InChI=1S/C20H38N2O3/c1-5-8-10-13-17(15-23)21-20(25)18(14-11-9-6-2)22-19(24)16(4)12-7-3/h15-18H,5-14H2,1-4H3,(H,21,25)(H,22,24). The van der Waals surface area contributed by atoms with Crippen LogP contribution in [0.3, 0.4) is 0 Å². The van der Waals surface area contributed by atoms with Crippen LogP contribution in [0.2, 0.25) is 0 Å². The molecule has 2 amide bonds. The van der Waals surface area contributed by atoms with Gasteiger partial charge in [0.05, 0.1) is 6.04 Å². The Hall–Kier alpha value is -1.39. The van der Waals surface area contributed by atoms with Gasteiger partial charge in [0.15, 0.2) is 0 Å². The topological polar surface area (TPSA) is 75.3 Å². The van der Waals surface area contributed by atoms with Crippen LogP contribution < -0.4 is 10.6 Å². The number of unbranched alkanes of at least 4 members (excludes halogenated alkanes) is 4. The van der Waals surface area contributed by atoms with Crippen molar-refractivity contribution in [1.82, 2.24) is 10.6 Å². The van der Waals surface area contributed by atoms with Crippen LogP contribution in [0.4, 0.5) is 0 Å². The molecule has 5 heteroatoms. The molecule has 0 fully saturated rings. The summed E-state index contributed by atoms with van der Waals surface area (Å²) in [5, 5.41) is 5.70. The molecule has 0 bridgehead atoms. The van der Waals surface area contributed by atoms with Gasteiger partial charge in [-0.1, -0.05) is 72.6 Å². The molecule has 0 saturated heterocycles. The second-order valence-electron chi connectivity index (χ2n) is 6.99. The zero-order valence-electron chi connectivity index (χ0n) is 16.6. The summed E-state index contributed by atoms with van der Waals surface area (Å²) in [6, 6.07) is -1.01. The predicted molar refractivity (Wildman–Crippen MR) is 102 cm³/mol. The van der Waals surface area contributed by atoms with Gasteiger partial charge in [-0.15, -0.1) is 0 Å². The molecular formula is C20H38N2O3. The first-order chi connectivity index (χ1) is 12.0. The van der Waals surface area contributed by atoms with Crippen LogP contribution >= 0.6 is 0 Å². The maximum absolute atomic E-state index is 12.6. The molecule has 0 rings (SSSR count). The van der Waals surface area contributed by atoms with Gasteiger partial charge in [0.1, 0.15) is 12.3 Å². The monoisotopic (exact) mass is 354 g/mol. The van der Waals surface area contributed by atoms with E-state index in [1.54, 1.807) is 0 Å². The summed E-state index contributed by atoms with van der Waals surface area (Å²) >= 11 is 0. The quantitative estimate of drug-likeness (QED) is 0.347. The molecule has 146 valence electrons. The Labute approximate surface area is 153 Å². The second kappa shape index (κ2) is 14.9. The van der Waals surface area contributed by atoms with Crippen molar-refractivity contribution in [2.45, 2.75) is 104 Å². The fourth-order valence-electron chi connectivity index (χ4n) is 2.82. The Kier molecular flexibility index (Phi) is 14.1. The Morgan fingerprint density at radius 1 is 0.800 bits per heavy atom. The summed E-state index contributed by atoms with van der Waals surface area (Å²) in [5.74, 6) is -0.410. The molecule has 0 radical (unpaired) electrons. The summed E-state index contributed by atoms with van der Waals surface area (Å²) in [7, 11) is 0. The average molecular weight is 355 g/mol. The highest BCUT2D eigenvalue weighted by atomic mass is 16.2. The van der Waals surface area contributed by atoms with Gasteiger partial charge in [-0.05, 0) is 19.3 Å². The molecule has 5 nitrogen and oxygen atoms in total. The van der Waals surface area contributed by atoms with Crippen molar-refractivity contribution >= 4 is 18.1 Å². The number of carbonyl (C=O) groups excluding carboxylic acids is 3. The van der Waals surface area contributed by atoms with Crippen LogP contribution in [0.5, 0.6) is 0 Å². The lowest BCUT2D eigenvalue weighted by Crippen LogP contribution is -2.51. The predicted octanol–water partition coefficient (Wildman–Crippen LogP) is 3.75. The largest absolute Gasteiger partial charge is 0.345 e. The minimum atomic E-state index is -0.549. The molecule has 3 atom stereocenters. The van der Waals surface area contributed by atoms with Gasteiger partial charge >= 0.3 is 0 Å². The molecule has 0 aliphatic carbocycles. The van der Waals surface area contributed by atoms with E-state index in [1.165, 1.54) is 0 Å². The molecule has 0 aromatic carbocycles. The minimum Gasteiger partial charge on any atom is -0.345 e. The molecule has 0 aliphatic heterocycles. The van der Waals surface area contributed by atoms with Gasteiger partial charge in [0.2, 0.25) is 11.8 Å². The maximum atomic E-state index is 12.6. The minimum absolute atomic E-state index is 0.0767. The van der Waals surface area contributed by atoms with E-state index in [0.29, 0.717) is 12.8 Å². The van der Waals surface area contributed by atoms with Crippen molar-refractivity contribution in [3.05, 3.63) is 0 Å². The average Bonchev–Trinajstić information content (AvgIpc) is 2.60. The van der Waals surface area contributed by atoms with E-state index < -0.39 is 12.1 Å². The summed E-state index contributed by atoms with van der Waals surface area (Å²) < 4.78 is 0. The molecule has 0 aliphatic rings. The molecule has 2 N–H and O–H groups in total. The first-order valence-corrected chi connectivity index (χ1v) is 10.1. The zero-order valence-corrected chi connectivity index (χ0v) is 16.6. The van der Waals surface area contributed by atoms with Crippen molar-refractivity contribution in [2.75, 3.05) is 0 Å². The van der Waals surface area contributed by atoms with E-state index in [-0.39, 0.29) is 17.7 Å². The highest BCUT2D eigenvalue weighted by Crippen LogP contribution is 2.09. The molecule has 0 aromatic rings. The van der Waals surface area contributed by atoms with E-state index in [4.69, 9.17) is 0 Å². The third-order valence-corrected chi connectivity index (χ3v) is 4.51. The van der Waals surface area contributed by atoms with Crippen LogP contribution in [-0.4, -0.2) is 30.2 Å². The number of amides is 2. The van der Waals surface area contributed by atoms with Crippen molar-refractivity contribution in [3.63, 3.8) is 0 Å². The van der Waals surface area contributed by atoms with E-state index in [0.717, 1.165) is 57.7 Å². The van der Waals surface area contributed by atoms with Crippen LogP contribution in [-0.2, 0) is 14.4 Å². The Morgan fingerprint density at radius 2 is 1.40 bits per heavy atom. The Bertz CT molecular complexity index is 385.